The lowest BCUT2D eigenvalue weighted by molar-refractivity contribution is 0.166. The molecule has 0 aromatic heterocycles. The molecule has 0 unspecified atom stereocenters. The van der Waals surface area contributed by atoms with E-state index in [4.69, 9.17) is 0 Å². The van der Waals surface area contributed by atoms with Gasteiger partial charge in [-0.1, -0.05) is 38.2 Å². The van der Waals surface area contributed by atoms with Crippen molar-refractivity contribution in [1.29, 1.82) is 0 Å². The fourth-order valence-electron chi connectivity index (χ4n) is 5.22. The summed E-state index contributed by atoms with van der Waals surface area (Å²) >= 11 is 0. The average molecular weight is 290 g/mol. The summed E-state index contributed by atoms with van der Waals surface area (Å²) in [6, 6.07) is 1.63. The highest BCUT2D eigenvalue weighted by Crippen LogP contribution is 2.38. The maximum absolute atomic E-state index is 3.99. The third-order valence-corrected chi connectivity index (χ3v) is 6.66. The number of hydrogen-bond acceptors (Lipinski definition) is 1. The fraction of sp³-hybridized carbons (Fsp3) is 0.900. The summed E-state index contributed by atoms with van der Waals surface area (Å²) in [6.07, 6.45) is 21.1. The minimum absolute atomic E-state index is 0.796. The molecule has 3 saturated carbocycles. The Hall–Kier alpha value is -0.300. The summed E-state index contributed by atoms with van der Waals surface area (Å²) in [5.74, 6) is 2.95. The monoisotopic (exact) mass is 289 g/mol. The molecule has 1 heteroatoms. The van der Waals surface area contributed by atoms with Gasteiger partial charge in [-0.05, 0) is 69.1 Å². The van der Waals surface area contributed by atoms with Crippen LogP contribution in [0.1, 0.15) is 83.5 Å². The molecule has 0 aliphatic heterocycles. The Kier molecular flexibility index (Phi) is 5.80. The maximum Gasteiger partial charge on any atom is 0.00700 e. The minimum atomic E-state index is 0.796. The molecule has 1 nitrogen and oxygen atoms in total. The van der Waals surface area contributed by atoms with E-state index in [-0.39, 0.29) is 0 Å². The van der Waals surface area contributed by atoms with Gasteiger partial charge in [0.2, 0.25) is 0 Å². The van der Waals surface area contributed by atoms with Gasteiger partial charge in [0.05, 0.1) is 0 Å². The minimum Gasteiger partial charge on any atom is -0.311 e. The Labute approximate surface area is 132 Å². The molecule has 0 saturated heterocycles. The van der Waals surface area contributed by atoms with Crippen LogP contribution in [0.4, 0.5) is 0 Å². The van der Waals surface area contributed by atoms with Gasteiger partial charge >= 0.3 is 0 Å². The first-order chi connectivity index (χ1) is 10.3. The quantitative estimate of drug-likeness (QED) is 0.678. The Morgan fingerprint density at radius 2 is 1.14 bits per heavy atom. The summed E-state index contributed by atoms with van der Waals surface area (Å²) in [4.78, 5) is 0. The van der Waals surface area contributed by atoms with Gasteiger partial charge < -0.3 is 5.32 Å². The van der Waals surface area contributed by atoms with E-state index in [9.17, 15) is 0 Å². The topological polar surface area (TPSA) is 12.0 Å². The SMILES string of the molecule is C=CC1CCC(NC2CCC(C3CCCCC3)CC2)CC1. The molecular weight excluding hydrogens is 254 g/mol. The zero-order valence-electron chi connectivity index (χ0n) is 13.9. The number of rotatable bonds is 4. The number of nitrogens with one attached hydrogen (secondary N) is 1. The van der Waals surface area contributed by atoms with Gasteiger partial charge in [0.1, 0.15) is 0 Å². The van der Waals surface area contributed by atoms with E-state index in [1.807, 2.05) is 0 Å². The van der Waals surface area contributed by atoms with Gasteiger partial charge in [-0.2, -0.15) is 0 Å². The predicted octanol–water partition coefficient (Wildman–Crippen LogP) is 5.46. The standard InChI is InChI=1S/C20H35N/c1-2-16-8-12-19(13-9-16)21-20-14-10-18(11-15-20)17-6-4-3-5-7-17/h2,16-21H,1,3-15H2. The first-order valence-corrected chi connectivity index (χ1v) is 9.73. The van der Waals surface area contributed by atoms with Gasteiger partial charge in [-0.15, -0.1) is 6.58 Å². The largest absolute Gasteiger partial charge is 0.311 e. The van der Waals surface area contributed by atoms with Crippen molar-refractivity contribution in [2.24, 2.45) is 17.8 Å². The lowest BCUT2D eigenvalue weighted by Crippen LogP contribution is -2.42. The summed E-state index contributed by atoms with van der Waals surface area (Å²) < 4.78 is 0. The van der Waals surface area contributed by atoms with Gasteiger partial charge in [-0.25, -0.2) is 0 Å². The maximum atomic E-state index is 3.99. The van der Waals surface area contributed by atoms with Gasteiger partial charge in [0.15, 0.2) is 0 Å². The van der Waals surface area contributed by atoms with E-state index in [2.05, 4.69) is 18.0 Å². The molecule has 3 aliphatic rings. The van der Waals surface area contributed by atoms with Gasteiger partial charge in [0, 0.05) is 12.1 Å². The average Bonchev–Trinajstić information content (AvgIpc) is 2.57. The third-order valence-electron chi connectivity index (χ3n) is 6.66. The van der Waals surface area contributed by atoms with E-state index in [1.165, 1.54) is 83.5 Å². The second kappa shape index (κ2) is 7.81. The van der Waals surface area contributed by atoms with Crippen LogP contribution >= 0.6 is 0 Å². The molecular formula is C20H35N. The predicted molar refractivity (Wildman–Crippen MR) is 91.4 cm³/mol. The van der Waals surface area contributed by atoms with Crippen molar-refractivity contribution in [1.82, 2.24) is 5.32 Å². The van der Waals surface area contributed by atoms with Crippen molar-refractivity contribution >= 4 is 0 Å². The molecule has 0 spiro atoms. The Morgan fingerprint density at radius 1 is 0.619 bits per heavy atom. The summed E-state index contributed by atoms with van der Waals surface area (Å²) in [7, 11) is 0. The molecule has 21 heavy (non-hydrogen) atoms. The van der Waals surface area contributed by atoms with Crippen LogP contribution in [0.3, 0.4) is 0 Å². The smallest absolute Gasteiger partial charge is 0.00700 e. The second-order valence-electron chi connectivity index (χ2n) is 8.02. The molecule has 0 bridgehead atoms. The summed E-state index contributed by atoms with van der Waals surface area (Å²) in [6.45, 7) is 3.96. The Bertz CT molecular complexity index is 302. The van der Waals surface area contributed by atoms with Crippen LogP contribution < -0.4 is 5.32 Å². The zero-order chi connectivity index (χ0) is 14.5. The van der Waals surface area contributed by atoms with Crippen molar-refractivity contribution in [2.75, 3.05) is 0 Å². The van der Waals surface area contributed by atoms with Crippen LogP contribution in [0, 0.1) is 17.8 Å². The highest BCUT2D eigenvalue weighted by Gasteiger charge is 2.29. The molecule has 3 fully saturated rings. The van der Waals surface area contributed by atoms with E-state index < -0.39 is 0 Å². The van der Waals surface area contributed by atoms with E-state index in [0.29, 0.717) is 0 Å². The molecule has 3 rings (SSSR count). The van der Waals surface area contributed by atoms with Crippen molar-refractivity contribution in [3.8, 4) is 0 Å². The van der Waals surface area contributed by atoms with Crippen molar-refractivity contribution in [3.63, 3.8) is 0 Å². The lowest BCUT2D eigenvalue weighted by atomic mass is 9.72. The van der Waals surface area contributed by atoms with Crippen molar-refractivity contribution in [3.05, 3.63) is 12.7 Å². The van der Waals surface area contributed by atoms with E-state index >= 15 is 0 Å². The second-order valence-corrected chi connectivity index (χ2v) is 8.02. The van der Waals surface area contributed by atoms with Crippen LogP contribution in [-0.2, 0) is 0 Å². The van der Waals surface area contributed by atoms with E-state index in [1.54, 1.807) is 0 Å². The normalized spacial score (nSPS) is 39.0. The molecule has 0 atom stereocenters. The molecule has 0 aromatic rings. The fourth-order valence-corrected chi connectivity index (χ4v) is 5.22. The zero-order valence-corrected chi connectivity index (χ0v) is 13.9. The van der Waals surface area contributed by atoms with Crippen LogP contribution in [0.25, 0.3) is 0 Å². The third kappa shape index (κ3) is 4.34. The highest BCUT2D eigenvalue weighted by molar-refractivity contribution is 4.89. The molecule has 0 heterocycles. The molecule has 0 radical (unpaired) electrons. The Balaban J connectivity index is 1.36. The van der Waals surface area contributed by atoms with Crippen LogP contribution in [-0.4, -0.2) is 12.1 Å². The van der Waals surface area contributed by atoms with E-state index in [0.717, 1.165) is 29.8 Å². The first-order valence-electron chi connectivity index (χ1n) is 9.73. The highest BCUT2D eigenvalue weighted by atomic mass is 15.0. The van der Waals surface area contributed by atoms with Crippen molar-refractivity contribution < 1.29 is 0 Å². The molecule has 0 aromatic carbocycles. The number of hydrogen-bond donors (Lipinski definition) is 1. The van der Waals surface area contributed by atoms with Gasteiger partial charge in [-0.3, -0.25) is 0 Å². The Morgan fingerprint density at radius 3 is 1.71 bits per heavy atom. The van der Waals surface area contributed by atoms with Crippen LogP contribution in [0.15, 0.2) is 12.7 Å². The van der Waals surface area contributed by atoms with Crippen LogP contribution in [0.5, 0.6) is 0 Å². The van der Waals surface area contributed by atoms with Gasteiger partial charge in [0.25, 0.3) is 0 Å². The summed E-state index contributed by atoms with van der Waals surface area (Å²) in [5, 5.41) is 3.99. The number of allylic oxidation sites excluding steroid dienone is 1. The molecule has 0 amide bonds. The lowest BCUT2D eigenvalue weighted by Gasteiger charge is -2.38. The van der Waals surface area contributed by atoms with Crippen molar-refractivity contribution in [2.45, 2.75) is 95.6 Å². The molecule has 1 N–H and O–H groups in total. The van der Waals surface area contributed by atoms with Crippen LogP contribution in [0.2, 0.25) is 0 Å². The first kappa shape index (κ1) is 15.6. The summed E-state index contributed by atoms with van der Waals surface area (Å²) in [5.41, 5.74) is 0. The molecule has 3 aliphatic carbocycles. The molecule has 120 valence electrons.